The van der Waals surface area contributed by atoms with Crippen molar-refractivity contribution >= 4 is 17.9 Å². The molecule has 0 aliphatic carbocycles. The van der Waals surface area contributed by atoms with Crippen LogP contribution in [-0.4, -0.2) is 42.3 Å². The van der Waals surface area contributed by atoms with Crippen molar-refractivity contribution in [3.63, 3.8) is 0 Å². The average Bonchev–Trinajstić information content (AvgIpc) is 2.27. The van der Waals surface area contributed by atoms with Crippen LogP contribution in [0.25, 0.3) is 0 Å². The molecule has 0 aromatic heterocycles. The second kappa shape index (κ2) is 7.89. The maximum Gasteiger partial charge on any atom is 0.407 e. The normalized spacial score (nSPS) is 20.5. The lowest BCUT2D eigenvalue weighted by atomic mass is 10.2. The maximum absolute atomic E-state index is 11.4. The number of nitrogens with one attached hydrogen (secondary N) is 2. The smallest absolute Gasteiger partial charge is 0.407 e. The zero-order valence-corrected chi connectivity index (χ0v) is 12.6. The van der Waals surface area contributed by atoms with Gasteiger partial charge in [0.05, 0.1) is 0 Å². The van der Waals surface area contributed by atoms with E-state index in [1.165, 1.54) is 25.0 Å². The van der Waals surface area contributed by atoms with Crippen LogP contribution in [0.4, 0.5) is 4.79 Å². The third kappa shape index (κ3) is 7.82. The first-order chi connectivity index (χ1) is 8.47. The molecule has 1 fully saturated rings. The van der Waals surface area contributed by atoms with Crippen molar-refractivity contribution < 1.29 is 9.53 Å². The molecule has 0 bridgehead atoms. The summed E-state index contributed by atoms with van der Waals surface area (Å²) < 4.78 is 5.15. The van der Waals surface area contributed by atoms with Gasteiger partial charge < -0.3 is 15.4 Å². The zero-order valence-electron chi connectivity index (χ0n) is 11.8. The molecule has 0 saturated carbocycles. The fraction of sp³-hybridized carbons (Fsp3) is 0.923. The second-order valence-corrected chi connectivity index (χ2v) is 7.03. The van der Waals surface area contributed by atoms with Crippen LogP contribution in [0.3, 0.4) is 0 Å². The lowest BCUT2D eigenvalue weighted by Gasteiger charge is -2.22. The van der Waals surface area contributed by atoms with E-state index in [-0.39, 0.29) is 6.09 Å². The lowest BCUT2D eigenvalue weighted by molar-refractivity contribution is 0.0528. The molecular formula is C13H26N2O2S. The van der Waals surface area contributed by atoms with Gasteiger partial charge in [-0.1, -0.05) is 6.42 Å². The number of hydrogen-bond acceptors (Lipinski definition) is 4. The van der Waals surface area contributed by atoms with Crippen LogP contribution < -0.4 is 10.6 Å². The van der Waals surface area contributed by atoms with Gasteiger partial charge in [0.25, 0.3) is 0 Å². The molecule has 0 aromatic rings. The van der Waals surface area contributed by atoms with Gasteiger partial charge in [-0.05, 0) is 39.4 Å². The van der Waals surface area contributed by atoms with Crippen LogP contribution in [0.2, 0.25) is 0 Å². The molecule has 1 heterocycles. The van der Waals surface area contributed by atoms with Crippen LogP contribution in [0.5, 0.6) is 0 Å². The molecular weight excluding hydrogens is 248 g/mol. The quantitative estimate of drug-likeness (QED) is 0.756. The molecule has 0 radical (unpaired) electrons. The molecule has 18 heavy (non-hydrogen) atoms. The van der Waals surface area contributed by atoms with Gasteiger partial charge in [-0.3, -0.25) is 0 Å². The number of carbonyl (C=O) groups is 1. The summed E-state index contributed by atoms with van der Waals surface area (Å²) in [5.41, 5.74) is -0.420. The largest absolute Gasteiger partial charge is 0.444 e. The van der Waals surface area contributed by atoms with Crippen molar-refractivity contribution in [1.82, 2.24) is 10.6 Å². The molecule has 0 spiro atoms. The van der Waals surface area contributed by atoms with E-state index in [2.05, 4.69) is 22.4 Å². The number of alkyl carbamates (subject to hydrolysis) is 1. The first-order valence-electron chi connectivity index (χ1n) is 6.76. The SMILES string of the molecule is CC(C)(C)OC(=O)NCCNCC1CCCCS1. The average molecular weight is 274 g/mol. The molecule has 1 atom stereocenters. The predicted octanol–water partition coefficient (Wildman–Crippen LogP) is 2.39. The van der Waals surface area contributed by atoms with Crippen LogP contribution >= 0.6 is 11.8 Å². The maximum atomic E-state index is 11.4. The van der Waals surface area contributed by atoms with Crippen LogP contribution in [0, 0.1) is 0 Å². The fourth-order valence-corrected chi connectivity index (χ4v) is 3.07. The molecule has 5 heteroatoms. The van der Waals surface area contributed by atoms with E-state index in [4.69, 9.17) is 4.74 Å². The highest BCUT2D eigenvalue weighted by Crippen LogP contribution is 2.24. The highest BCUT2D eigenvalue weighted by Gasteiger charge is 2.15. The van der Waals surface area contributed by atoms with Crippen molar-refractivity contribution in [2.24, 2.45) is 0 Å². The minimum absolute atomic E-state index is 0.337. The first-order valence-corrected chi connectivity index (χ1v) is 7.81. The Balaban J connectivity index is 1.96. The molecule has 1 saturated heterocycles. The molecule has 1 aliphatic rings. The Bertz CT molecular complexity index is 248. The number of thioether (sulfide) groups is 1. The van der Waals surface area contributed by atoms with Gasteiger partial charge >= 0.3 is 6.09 Å². The van der Waals surface area contributed by atoms with Gasteiger partial charge in [0.15, 0.2) is 0 Å². The Morgan fingerprint density at radius 2 is 2.11 bits per heavy atom. The molecule has 4 nitrogen and oxygen atoms in total. The van der Waals surface area contributed by atoms with Crippen molar-refractivity contribution in [1.29, 1.82) is 0 Å². The molecule has 106 valence electrons. The highest BCUT2D eigenvalue weighted by atomic mass is 32.2. The minimum atomic E-state index is -0.420. The summed E-state index contributed by atoms with van der Waals surface area (Å²) >= 11 is 2.06. The minimum Gasteiger partial charge on any atom is -0.444 e. The van der Waals surface area contributed by atoms with E-state index in [1.807, 2.05) is 20.8 Å². The van der Waals surface area contributed by atoms with Crippen molar-refractivity contribution in [3.05, 3.63) is 0 Å². The van der Waals surface area contributed by atoms with Gasteiger partial charge in [0.1, 0.15) is 5.60 Å². The van der Waals surface area contributed by atoms with Gasteiger partial charge in [0.2, 0.25) is 0 Å². The summed E-state index contributed by atoms with van der Waals surface area (Å²) in [5.74, 6) is 1.29. The zero-order chi connectivity index (χ0) is 13.4. The Kier molecular flexibility index (Phi) is 6.86. The van der Waals surface area contributed by atoms with Gasteiger partial charge in [-0.2, -0.15) is 11.8 Å². The van der Waals surface area contributed by atoms with Crippen molar-refractivity contribution in [2.45, 2.75) is 50.9 Å². The van der Waals surface area contributed by atoms with E-state index in [1.54, 1.807) is 0 Å². The van der Waals surface area contributed by atoms with E-state index < -0.39 is 5.60 Å². The molecule has 1 aliphatic heterocycles. The van der Waals surface area contributed by atoms with Crippen LogP contribution in [0.1, 0.15) is 40.0 Å². The number of carbonyl (C=O) groups excluding carboxylic acids is 1. The molecule has 0 aromatic carbocycles. The lowest BCUT2D eigenvalue weighted by Crippen LogP contribution is -2.37. The van der Waals surface area contributed by atoms with E-state index in [0.717, 1.165) is 18.3 Å². The van der Waals surface area contributed by atoms with Crippen molar-refractivity contribution in [2.75, 3.05) is 25.4 Å². The van der Waals surface area contributed by atoms with E-state index >= 15 is 0 Å². The van der Waals surface area contributed by atoms with Gasteiger partial charge in [0, 0.05) is 24.9 Å². The summed E-state index contributed by atoms with van der Waals surface area (Å²) in [6.07, 6.45) is 3.70. The Morgan fingerprint density at radius 3 is 2.72 bits per heavy atom. The molecule has 1 rings (SSSR count). The topological polar surface area (TPSA) is 50.4 Å². The molecule has 1 amide bonds. The third-order valence-electron chi connectivity index (χ3n) is 2.62. The fourth-order valence-electron chi connectivity index (χ4n) is 1.80. The third-order valence-corrected chi connectivity index (χ3v) is 4.01. The van der Waals surface area contributed by atoms with Gasteiger partial charge in [-0.25, -0.2) is 4.79 Å². The van der Waals surface area contributed by atoms with E-state index in [0.29, 0.717) is 6.54 Å². The predicted molar refractivity (Wildman–Crippen MR) is 77.2 cm³/mol. The summed E-state index contributed by atoms with van der Waals surface area (Å²) in [4.78, 5) is 11.4. The molecule has 1 unspecified atom stereocenters. The summed E-state index contributed by atoms with van der Waals surface area (Å²) in [6.45, 7) is 8.06. The van der Waals surface area contributed by atoms with Gasteiger partial charge in [-0.15, -0.1) is 0 Å². The standard InChI is InChI=1S/C13H26N2O2S/c1-13(2,3)17-12(16)15-8-7-14-10-11-6-4-5-9-18-11/h11,14H,4-10H2,1-3H3,(H,15,16). The van der Waals surface area contributed by atoms with Crippen molar-refractivity contribution in [3.8, 4) is 0 Å². The summed E-state index contributed by atoms with van der Waals surface area (Å²) in [6, 6.07) is 0. The van der Waals surface area contributed by atoms with Crippen LogP contribution in [-0.2, 0) is 4.74 Å². The number of hydrogen-bond donors (Lipinski definition) is 2. The Morgan fingerprint density at radius 1 is 1.33 bits per heavy atom. The number of rotatable bonds is 5. The highest BCUT2D eigenvalue weighted by molar-refractivity contribution is 7.99. The van der Waals surface area contributed by atoms with E-state index in [9.17, 15) is 4.79 Å². The second-order valence-electron chi connectivity index (χ2n) is 5.62. The summed E-state index contributed by atoms with van der Waals surface area (Å²) in [5, 5.41) is 6.88. The number of amides is 1. The first kappa shape index (κ1) is 15.6. The summed E-state index contributed by atoms with van der Waals surface area (Å²) in [7, 11) is 0. The monoisotopic (exact) mass is 274 g/mol. The molecule has 2 N–H and O–H groups in total. The Labute approximate surface area is 115 Å². The van der Waals surface area contributed by atoms with Crippen LogP contribution in [0.15, 0.2) is 0 Å². The number of ether oxygens (including phenoxy) is 1. The Hall–Kier alpha value is -0.420.